The average Bonchev–Trinajstić information content (AvgIpc) is 2.97. The predicted octanol–water partition coefficient (Wildman–Crippen LogP) is 4.20. The van der Waals surface area contributed by atoms with Crippen LogP contribution in [0.25, 0.3) is 10.2 Å². The Kier molecular flexibility index (Phi) is 6.07. The first-order chi connectivity index (χ1) is 12.2. The summed E-state index contributed by atoms with van der Waals surface area (Å²) in [6.07, 6.45) is 0. The monoisotopic (exact) mass is 372 g/mol. The van der Waals surface area contributed by atoms with Crippen molar-refractivity contribution >= 4 is 39.2 Å². The summed E-state index contributed by atoms with van der Waals surface area (Å²) in [6.45, 7) is 3.32. The minimum absolute atomic E-state index is 0.200. The second-order valence-corrected chi connectivity index (χ2v) is 7.66. The molecule has 3 rings (SSSR count). The van der Waals surface area contributed by atoms with E-state index in [4.69, 9.17) is 4.74 Å². The van der Waals surface area contributed by atoms with E-state index in [0.29, 0.717) is 23.5 Å². The predicted molar refractivity (Wildman–Crippen MR) is 104 cm³/mol. The van der Waals surface area contributed by atoms with E-state index < -0.39 is 0 Å². The largest absolute Gasteiger partial charge is 0.383 e. The van der Waals surface area contributed by atoms with E-state index in [-0.39, 0.29) is 5.91 Å². The van der Waals surface area contributed by atoms with Gasteiger partial charge in [-0.1, -0.05) is 42.5 Å². The first-order valence-electron chi connectivity index (χ1n) is 8.12. The SMILES string of the molecule is CCSc1ccccc1C(=O)N=c1sc2ccccc2n1CCOC. The van der Waals surface area contributed by atoms with Crippen LogP contribution in [0.15, 0.2) is 58.4 Å². The molecule has 0 radical (unpaired) electrons. The van der Waals surface area contributed by atoms with Crippen molar-refractivity contribution in [2.75, 3.05) is 19.5 Å². The molecule has 1 amide bonds. The normalized spacial score (nSPS) is 12.0. The average molecular weight is 373 g/mol. The Bertz CT molecular complexity index is 944. The van der Waals surface area contributed by atoms with Crippen molar-refractivity contribution < 1.29 is 9.53 Å². The molecule has 0 bridgehead atoms. The number of benzene rings is 2. The molecule has 3 aromatic rings. The first-order valence-corrected chi connectivity index (χ1v) is 9.93. The van der Waals surface area contributed by atoms with Crippen molar-refractivity contribution in [3.05, 3.63) is 58.9 Å². The smallest absolute Gasteiger partial charge is 0.280 e. The lowest BCUT2D eigenvalue weighted by molar-refractivity contribution is 0.0994. The van der Waals surface area contributed by atoms with Crippen LogP contribution in [0.4, 0.5) is 0 Å². The molecule has 0 aliphatic carbocycles. The zero-order valence-corrected chi connectivity index (χ0v) is 15.9. The Morgan fingerprint density at radius 1 is 1.20 bits per heavy atom. The Morgan fingerprint density at radius 3 is 2.76 bits per heavy atom. The highest BCUT2D eigenvalue weighted by molar-refractivity contribution is 7.99. The number of rotatable bonds is 6. The number of hydrogen-bond acceptors (Lipinski definition) is 4. The lowest BCUT2D eigenvalue weighted by atomic mass is 10.2. The molecule has 1 heterocycles. The van der Waals surface area contributed by atoms with Crippen molar-refractivity contribution in [3.63, 3.8) is 0 Å². The third-order valence-corrected chi connectivity index (χ3v) is 5.74. The minimum atomic E-state index is -0.200. The minimum Gasteiger partial charge on any atom is -0.383 e. The number of thiazole rings is 1. The van der Waals surface area contributed by atoms with E-state index in [1.165, 1.54) is 11.3 Å². The molecular weight excluding hydrogens is 352 g/mol. The van der Waals surface area contributed by atoms with Crippen LogP contribution < -0.4 is 4.80 Å². The van der Waals surface area contributed by atoms with E-state index in [2.05, 4.69) is 16.5 Å². The zero-order valence-electron chi connectivity index (χ0n) is 14.3. The highest BCUT2D eigenvalue weighted by Gasteiger charge is 2.12. The van der Waals surface area contributed by atoms with Crippen molar-refractivity contribution in [2.45, 2.75) is 18.4 Å². The number of para-hydroxylation sites is 1. The van der Waals surface area contributed by atoms with Gasteiger partial charge in [0.1, 0.15) is 0 Å². The van der Waals surface area contributed by atoms with Gasteiger partial charge >= 0.3 is 0 Å². The topological polar surface area (TPSA) is 43.6 Å². The molecule has 0 N–H and O–H groups in total. The van der Waals surface area contributed by atoms with Crippen LogP contribution in [-0.4, -0.2) is 29.9 Å². The van der Waals surface area contributed by atoms with Crippen LogP contribution in [0.5, 0.6) is 0 Å². The maximum Gasteiger partial charge on any atom is 0.280 e. The van der Waals surface area contributed by atoms with Gasteiger partial charge in [-0.25, -0.2) is 0 Å². The summed E-state index contributed by atoms with van der Waals surface area (Å²) in [6, 6.07) is 15.7. The van der Waals surface area contributed by atoms with E-state index >= 15 is 0 Å². The molecule has 0 aliphatic heterocycles. The molecule has 0 spiro atoms. The van der Waals surface area contributed by atoms with E-state index in [9.17, 15) is 4.79 Å². The van der Waals surface area contributed by atoms with Gasteiger partial charge in [0.25, 0.3) is 5.91 Å². The quantitative estimate of drug-likeness (QED) is 0.609. The molecule has 0 atom stereocenters. The summed E-state index contributed by atoms with van der Waals surface area (Å²) in [5.74, 6) is 0.718. The van der Waals surface area contributed by atoms with Gasteiger partial charge in [0, 0.05) is 18.6 Å². The standard InChI is InChI=1S/C19H20N2O2S2/c1-3-24-16-10-6-4-8-14(16)18(22)20-19-21(12-13-23-2)15-9-5-7-11-17(15)25-19/h4-11H,3,12-13H2,1-2H3. The van der Waals surface area contributed by atoms with Gasteiger partial charge in [-0.2, -0.15) is 4.99 Å². The second-order valence-electron chi connectivity index (χ2n) is 5.34. The van der Waals surface area contributed by atoms with Crippen molar-refractivity contribution in [1.82, 2.24) is 4.57 Å². The molecule has 0 saturated carbocycles. The number of ether oxygens (including phenoxy) is 1. The summed E-state index contributed by atoms with van der Waals surface area (Å²) in [7, 11) is 1.68. The molecular formula is C19H20N2O2S2. The van der Waals surface area contributed by atoms with Crippen molar-refractivity contribution in [1.29, 1.82) is 0 Å². The van der Waals surface area contributed by atoms with Crippen LogP contribution >= 0.6 is 23.1 Å². The Labute approximate surface area is 155 Å². The van der Waals surface area contributed by atoms with Gasteiger partial charge < -0.3 is 9.30 Å². The summed E-state index contributed by atoms with van der Waals surface area (Å²) in [5.41, 5.74) is 1.73. The Morgan fingerprint density at radius 2 is 1.96 bits per heavy atom. The van der Waals surface area contributed by atoms with Gasteiger partial charge in [0.2, 0.25) is 0 Å². The van der Waals surface area contributed by atoms with Crippen LogP contribution in [-0.2, 0) is 11.3 Å². The summed E-state index contributed by atoms with van der Waals surface area (Å²) in [4.78, 5) is 18.9. The number of fused-ring (bicyclic) bond motifs is 1. The third-order valence-electron chi connectivity index (χ3n) is 3.72. The highest BCUT2D eigenvalue weighted by atomic mass is 32.2. The summed E-state index contributed by atoms with van der Waals surface area (Å²) < 4.78 is 8.38. The molecule has 1 aromatic heterocycles. The second kappa shape index (κ2) is 8.47. The van der Waals surface area contributed by atoms with Gasteiger partial charge in [-0.15, -0.1) is 11.8 Å². The van der Waals surface area contributed by atoms with E-state index in [1.807, 2.05) is 48.5 Å². The molecule has 4 nitrogen and oxygen atoms in total. The molecule has 0 aliphatic rings. The van der Waals surface area contributed by atoms with Gasteiger partial charge in [0.15, 0.2) is 4.80 Å². The summed E-state index contributed by atoms with van der Waals surface area (Å²) >= 11 is 3.19. The van der Waals surface area contributed by atoms with Crippen molar-refractivity contribution in [3.8, 4) is 0 Å². The van der Waals surface area contributed by atoms with Crippen LogP contribution in [0.1, 0.15) is 17.3 Å². The number of nitrogens with zero attached hydrogens (tertiary/aromatic N) is 2. The molecule has 2 aromatic carbocycles. The van der Waals surface area contributed by atoms with Crippen LogP contribution in [0.3, 0.4) is 0 Å². The van der Waals surface area contributed by atoms with Crippen molar-refractivity contribution in [2.24, 2.45) is 4.99 Å². The molecule has 0 saturated heterocycles. The molecule has 0 fully saturated rings. The number of methoxy groups -OCH3 is 1. The fraction of sp³-hybridized carbons (Fsp3) is 0.263. The van der Waals surface area contributed by atoms with Crippen LogP contribution in [0, 0.1) is 0 Å². The van der Waals surface area contributed by atoms with Gasteiger partial charge in [0.05, 0.1) is 22.4 Å². The molecule has 6 heteroatoms. The first kappa shape index (κ1) is 17.9. The lowest BCUT2D eigenvalue weighted by Gasteiger charge is -2.05. The van der Waals surface area contributed by atoms with E-state index in [0.717, 1.165) is 20.9 Å². The molecule has 0 unspecified atom stereocenters. The lowest BCUT2D eigenvalue weighted by Crippen LogP contribution is -2.19. The Hall–Kier alpha value is -1.89. The fourth-order valence-corrected chi connectivity index (χ4v) is 4.43. The highest BCUT2D eigenvalue weighted by Crippen LogP contribution is 2.23. The zero-order chi connectivity index (χ0) is 17.6. The molecule has 130 valence electrons. The number of carbonyl (C=O) groups excluding carboxylic acids is 1. The number of carbonyl (C=O) groups is 1. The van der Waals surface area contributed by atoms with E-state index in [1.54, 1.807) is 18.9 Å². The molecule has 25 heavy (non-hydrogen) atoms. The fourth-order valence-electron chi connectivity index (χ4n) is 2.58. The maximum absolute atomic E-state index is 12.8. The third kappa shape index (κ3) is 4.03. The Balaban J connectivity index is 2.07. The number of amides is 1. The number of aromatic nitrogens is 1. The summed E-state index contributed by atoms with van der Waals surface area (Å²) in [5, 5.41) is 0. The number of thioether (sulfide) groups is 1. The van der Waals surface area contributed by atoms with Gasteiger partial charge in [-0.05, 0) is 30.0 Å². The maximum atomic E-state index is 12.8. The van der Waals surface area contributed by atoms with Gasteiger partial charge in [-0.3, -0.25) is 4.79 Å². The van der Waals surface area contributed by atoms with Crippen LogP contribution in [0.2, 0.25) is 0 Å². The number of hydrogen-bond donors (Lipinski definition) is 0.